The fourth-order valence-corrected chi connectivity index (χ4v) is 9.32. The molecule has 6 aliphatic rings. The first kappa shape index (κ1) is 34.1. The highest BCUT2D eigenvalue weighted by atomic mass is 16.7. The van der Waals surface area contributed by atoms with Gasteiger partial charge in [0.25, 0.3) is 5.91 Å². The second-order valence-electron chi connectivity index (χ2n) is 14.2. The first-order valence-electron chi connectivity index (χ1n) is 17.9. The van der Waals surface area contributed by atoms with Crippen molar-refractivity contribution in [1.82, 2.24) is 9.80 Å². The van der Waals surface area contributed by atoms with E-state index in [1.54, 1.807) is 41.3 Å². The van der Waals surface area contributed by atoms with Crippen LogP contribution in [-0.4, -0.2) is 86.1 Å². The number of carbonyl (C=O) groups is 1. The van der Waals surface area contributed by atoms with Crippen LogP contribution in [-0.2, 0) is 29.0 Å². The lowest BCUT2D eigenvalue weighted by Gasteiger charge is -2.56. The van der Waals surface area contributed by atoms with Gasteiger partial charge in [0, 0.05) is 35.3 Å². The zero-order valence-corrected chi connectivity index (χ0v) is 30.4. The Bertz CT molecular complexity index is 2300. The Labute approximate surface area is 314 Å². The number of carbonyl (C=O) groups excluding carboxylic acids is 1. The maximum Gasteiger partial charge on any atom is 0.260 e. The highest BCUT2D eigenvalue weighted by Crippen LogP contribution is 2.61. The summed E-state index contributed by atoms with van der Waals surface area (Å²) in [6, 6.07) is 13.7. The molecule has 55 heavy (non-hydrogen) atoms. The molecule has 0 bridgehead atoms. The Hall–Kier alpha value is -5.45. The predicted molar refractivity (Wildman–Crippen MR) is 189 cm³/mol. The molecule has 5 unspecified atom stereocenters. The molecular weight excluding hydrogens is 716 g/mol. The summed E-state index contributed by atoms with van der Waals surface area (Å²) in [6.45, 7) is 0.343. The Morgan fingerprint density at radius 1 is 0.691 bits per heavy atom. The molecule has 4 aromatic rings. The summed E-state index contributed by atoms with van der Waals surface area (Å²) in [5, 5.41) is 38.8. The lowest BCUT2D eigenvalue weighted by molar-refractivity contribution is -0.301. The summed E-state index contributed by atoms with van der Waals surface area (Å²) in [6.07, 6.45) is -3.25. The van der Waals surface area contributed by atoms with Crippen molar-refractivity contribution in [2.45, 2.75) is 42.7 Å². The van der Waals surface area contributed by atoms with Gasteiger partial charge in [0.05, 0.1) is 34.0 Å². The number of amides is 1. The largest absolute Gasteiger partial charge is 0.493 e. The lowest BCUT2D eigenvalue weighted by Crippen LogP contribution is -2.62. The van der Waals surface area contributed by atoms with Gasteiger partial charge in [-0.15, -0.1) is 0 Å². The van der Waals surface area contributed by atoms with E-state index in [9.17, 15) is 20.1 Å². The van der Waals surface area contributed by atoms with E-state index >= 15 is 0 Å². The van der Waals surface area contributed by atoms with Crippen LogP contribution in [0.5, 0.6) is 46.0 Å². The van der Waals surface area contributed by atoms with E-state index in [-0.39, 0.29) is 43.7 Å². The molecule has 1 amide bonds. The molecule has 6 heterocycles. The smallest absolute Gasteiger partial charge is 0.260 e. The monoisotopic (exact) mass is 754 g/mol. The van der Waals surface area contributed by atoms with Gasteiger partial charge in [-0.3, -0.25) is 4.79 Å². The van der Waals surface area contributed by atoms with E-state index in [0.29, 0.717) is 75.2 Å². The number of ether oxygens (including phenoxy) is 9. The van der Waals surface area contributed by atoms with Crippen LogP contribution in [0.15, 0.2) is 48.5 Å². The second-order valence-corrected chi connectivity index (χ2v) is 14.2. The minimum Gasteiger partial charge on any atom is -0.493 e. The van der Waals surface area contributed by atoms with Crippen molar-refractivity contribution in [1.29, 1.82) is 0 Å². The number of hydrogen-bond donors (Lipinski definition) is 3. The number of benzene rings is 4. The van der Waals surface area contributed by atoms with Crippen molar-refractivity contribution in [2.75, 3.05) is 55.1 Å². The zero-order valence-electron chi connectivity index (χ0n) is 30.4. The molecule has 15 nitrogen and oxygen atoms in total. The van der Waals surface area contributed by atoms with E-state index in [1.165, 1.54) is 33.3 Å². The summed E-state index contributed by atoms with van der Waals surface area (Å²) in [4.78, 5) is 17.7. The van der Waals surface area contributed by atoms with Crippen molar-refractivity contribution in [2.24, 2.45) is 0 Å². The molecule has 3 N–H and O–H groups in total. The number of hydrogen-bond acceptors (Lipinski definition) is 14. The van der Waals surface area contributed by atoms with Crippen molar-refractivity contribution < 1.29 is 62.7 Å². The molecule has 0 aliphatic carbocycles. The molecule has 286 valence electrons. The molecule has 5 atom stereocenters. The molecular formula is C40H38N2O13. The highest BCUT2D eigenvalue weighted by molar-refractivity contribution is 6.01. The quantitative estimate of drug-likeness (QED) is 0.262. The van der Waals surface area contributed by atoms with Crippen LogP contribution in [0.1, 0.15) is 67.7 Å². The van der Waals surface area contributed by atoms with E-state index in [4.69, 9.17) is 42.6 Å². The molecule has 0 fully saturated rings. The van der Waals surface area contributed by atoms with E-state index in [1.807, 2.05) is 12.1 Å². The third kappa shape index (κ3) is 4.40. The Kier molecular flexibility index (Phi) is 7.45. The number of aliphatic hydroxyl groups is 3. The molecule has 6 aliphatic heterocycles. The Balaban J connectivity index is 1.23. The first-order chi connectivity index (χ1) is 26.7. The van der Waals surface area contributed by atoms with Gasteiger partial charge in [-0.05, 0) is 65.9 Å². The SMILES string of the molecule is COc1ccc2c(c1OC)C(=O)N1CCc3cc4c(cc3C1(O)C2OC1c2c(ccc(OC)c2OC)C(O)C2(O)c3cc5c(cc3CCN12)OCO5)OCO4. The van der Waals surface area contributed by atoms with Crippen LogP contribution in [0.25, 0.3) is 0 Å². The van der Waals surface area contributed by atoms with Crippen LogP contribution in [0, 0.1) is 0 Å². The van der Waals surface area contributed by atoms with E-state index < -0.39 is 35.8 Å². The van der Waals surface area contributed by atoms with Gasteiger partial charge in [-0.2, -0.15) is 0 Å². The fourth-order valence-electron chi connectivity index (χ4n) is 9.32. The maximum atomic E-state index is 14.7. The lowest BCUT2D eigenvalue weighted by atomic mass is 9.76. The van der Waals surface area contributed by atoms with Crippen molar-refractivity contribution in [3.8, 4) is 46.0 Å². The number of rotatable bonds is 6. The van der Waals surface area contributed by atoms with Crippen LogP contribution < -0.4 is 37.9 Å². The fraction of sp³-hybridized carbons (Fsp3) is 0.375. The summed E-state index contributed by atoms with van der Waals surface area (Å²) >= 11 is 0. The Morgan fingerprint density at radius 3 is 1.84 bits per heavy atom. The summed E-state index contributed by atoms with van der Waals surface area (Å²) in [5.41, 5.74) is -0.750. The summed E-state index contributed by atoms with van der Waals surface area (Å²) < 4.78 is 53.3. The van der Waals surface area contributed by atoms with Gasteiger partial charge in [0.2, 0.25) is 13.6 Å². The highest BCUT2D eigenvalue weighted by Gasteiger charge is 2.61. The standard InChI is InChI=1S/C40H38N2O13/c1-47-25-8-6-22-31(33(25)49-3)37(44)41-11-9-20-14-28-30(54-18-52-28)16-24(20)40(41,46)36(22)55-38-32-21(5-7-26(48-2)34(32)50-4)35(43)39(45)23-15-29-27(51-17-53-29)13-19(23)10-12-42(38)39/h5-8,13-16,35-36,38,43,45-46H,9-12,17-18H2,1-4H3. The van der Waals surface area contributed by atoms with Crippen LogP contribution >= 0.6 is 0 Å². The van der Waals surface area contributed by atoms with Gasteiger partial charge in [-0.1, -0.05) is 12.1 Å². The predicted octanol–water partition coefficient (Wildman–Crippen LogP) is 3.54. The zero-order chi connectivity index (χ0) is 38.0. The minimum atomic E-state index is -2.13. The average Bonchev–Trinajstić information content (AvgIpc) is 3.87. The normalized spacial score (nSPS) is 26.6. The van der Waals surface area contributed by atoms with E-state index in [2.05, 4.69) is 0 Å². The summed E-state index contributed by atoms with van der Waals surface area (Å²) in [5.74, 6) is 2.55. The second kappa shape index (κ2) is 12.0. The van der Waals surface area contributed by atoms with Gasteiger partial charge < -0.3 is 62.9 Å². The number of methoxy groups -OCH3 is 4. The third-order valence-corrected chi connectivity index (χ3v) is 11.8. The molecule has 0 saturated heterocycles. The van der Waals surface area contributed by atoms with E-state index in [0.717, 1.165) is 11.1 Å². The van der Waals surface area contributed by atoms with Crippen molar-refractivity contribution in [3.63, 3.8) is 0 Å². The van der Waals surface area contributed by atoms with Crippen LogP contribution in [0.3, 0.4) is 0 Å². The molecule has 10 rings (SSSR count). The molecule has 0 spiro atoms. The first-order valence-corrected chi connectivity index (χ1v) is 17.9. The topological polar surface area (TPSA) is 167 Å². The minimum absolute atomic E-state index is 0.0112. The molecule has 0 radical (unpaired) electrons. The van der Waals surface area contributed by atoms with Crippen molar-refractivity contribution >= 4 is 5.91 Å². The molecule has 0 saturated carbocycles. The van der Waals surface area contributed by atoms with Crippen LogP contribution in [0.2, 0.25) is 0 Å². The van der Waals surface area contributed by atoms with Gasteiger partial charge in [-0.25, -0.2) is 4.90 Å². The molecule has 15 heteroatoms. The average molecular weight is 755 g/mol. The van der Waals surface area contributed by atoms with Crippen LogP contribution in [0.4, 0.5) is 0 Å². The Morgan fingerprint density at radius 2 is 1.24 bits per heavy atom. The van der Waals surface area contributed by atoms with Gasteiger partial charge in [0.15, 0.2) is 57.4 Å². The maximum absolute atomic E-state index is 14.7. The number of nitrogens with zero attached hydrogens (tertiary/aromatic N) is 2. The summed E-state index contributed by atoms with van der Waals surface area (Å²) in [7, 11) is 5.91. The third-order valence-electron chi connectivity index (χ3n) is 11.8. The molecule has 4 aromatic carbocycles. The van der Waals surface area contributed by atoms with Gasteiger partial charge >= 0.3 is 0 Å². The van der Waals surface area contributed by atoms with Gasteiger partial charge in [0.1, 0.15) is 18.4 Å². The number of fused-ring (bicyclic) bond motifs is 10. The molecule has 0 aromatic heterocycles. The number of aliphatic hydroxyl groups excluding tert-OH is 1. The van der Waals surface area contributed by atoms with Crippen molar-refractivity contribution in [3.05, 3.63) is 93.0 Å².